The molecule has 0 radical (unpaired) electrons. The van der Waals surface area contributed by atoms with Gasteiger partial charge >= 0.3 is 0 Å². The van der Waals surface area contributed by atoms with Crippen LogP contribution in [0.1, 0.15) is 71.1 Å². The summed E-state index contributed by atoms with van der Waals surface area (Å²) in [6.45, 7) is 3.38. The number of benzene rings is 1. The first-order chi connectivity index (χ1) is 9.83. The van der Waals surface area contributed by atoms with Crippen molar-refractivity contribution in [2.45, 2.75) is 71.1 Å². The average Bonchev–Trinajstić information content (AvgIpc) is 2.47. The lowest BCUT2D eigenvalue weighted by molar-refractivity contribution is 0.560. The summed E-state index contributed by atoms with van der Waals surface area (Å²) in [5.74, 6) is 0. The molecule has 1 aromatic rings. The van der Waals surface area contributed by atoms with E-state index in [1.165, 1.54) is 69.9 Å². The van der Waals surface area contributed by atoms with Crippen LogP contribution < -0.4 is 5.32 Å². The Morgan fingerprint density at radius 3 is 1.80 bits per heavy atom. The molecule has 0 fully saturated rings. The highest BCUT2D eigenvalue weighted by Gasteiger charge is 1.94. The van der Waals surface area contributed by atoms with Crippen LogP contribution >= 0.6 is 15.9 Å². The summed E-state index contributed by atoms with van der Waals surface area (Å²) in [6, 6.07) is 8.42. The Kier molecular flexibility index (Phi) is 10.8. The fraction of sp³-hybridized carbons (Fsp3) is 0.667. The summed E-state index contributed by atoms with van der Waals surface area (Å²) in [6.07, 6.45) is 14.0. The normalized spacial score (nSPS) is 10.7. The molecule has 0 saturated carbocycles. The second kappa shape index (κ2) is 12.3. The van der Waals surface area contributed by atoms with E-state index in [2.05, 4.69) is 52.4 Å². The van der Waals surface area contributed by atoms with Gasteiger partial charge in [0, 0.05) is 16.7 Å². The number of anilines is 1. The molecule has 2 heteroatoms. The van der Waals surface area contributed by atoms with Crippen molar-refractivity contribution >= 4 is 21.6 Å². The second-order valence-corrected chi connectivity index (χ2v) is 6.53. The van der Waals surface area contributed by atoms with Crippen LogP contribution in [0.3, 0.4) is 0 Å². The Bertz CT molecular complexity index is 321. The number of hydrogen-bond donors (Lipinski definition) is 1. The largest absolute Gasteiger partial charge is 0.385 e. The summed E-state index contributed by atoms with van der Waals surface area (Å²) >= 11 is 3.45. The number of nitrogens with one attached hydrogen (secondary N) is 1. The van der Waals surface area contributed by atoms with Crippen molar-refractivity contribution in [2.24, 2.45) is 0 Å². The van der Waals surface area contributed by atoms with Gasteiger partial charge in [-0.1, -0.05) is 80.6 Å². The fourth-order valence-electron chi connectivity index (χ4n) is 2.41. The van der Waals surface area contributed by atoms with Crippen molar-refractivity contribution < 1.29 is 0 Å². The monoisotopic (exact) mass is 339 g/mol. The second-order valence-electron chi connectivity index (χ2n) is 5.62. The summed E-state index contributed by atoms with van der Waals surface area (Å²) < 4.78 is 1.14. The minimum absolute atomic E-state index is 1.10. The topological polar surface area (TPSA) is 12.0 Å². The van der Waals surface area contributed by atoms with E-state index in [4.69, 9.17) is 0 Å². The molecule has 1 aromatic carbocycles. The Labute approximate surface area is 133 Å². The highest BCUT2D eigenvalue weighted by Crippen LogP contribution is 2.14. The van der Waals surface area contributed by atoms with Gasteiger partial charge in [-0.2, -0.15) is 0 Å². The lowest BCUT2D eigenvalue weighted by Gasteiger charge is -2.06. The van der Waals surface area contributed by atoms with Crippen LogP contribution in [-0.2, 0) is 0 Å². The zero-order valence-corrected chi connectivity index (χ0v) is 14.6. The molecule has 1 N–H and O–H groups in total. The van der Waals surface area contributed by atoms with E-state index in [1.54, 1.807) is 0 Å². The Hall–Kier alpha value is -0.500. The van der Waals surface area contributed by atoms with E-state index in [9.17, 15) is 0 Å². The van der Waals surface area contributed by atoms with Crippen molar-refractivity contribution in [2.75, 3.05) is 11.9 Å². The van der Waals surface area contributed by atoms with Gasteiger partial charge in [-0.15, -0.1) is 0 Å². The zero-order chi connectivity index (χ0) is 14.5. The number of halogens is 1. The van der Waals surface area contributed by atoms with E-state index in [0.29, 0.717) is 0 Å². The maximum Gasteiger partial charge on any atom is 0.0340 e. The summed E-state index contributed by atoms with van der Waals surface area (Å²) in [7, 11) is 0. The van der Waals surface area contributed by atoms with Gasteiger partial charge in [-0.05, 0) is 30.7 Å². The quantitative estimate of drug-likeness (QED) is 0.413. The smallest absolute Gasteiger partial charge is 0.0340 e. The van der Waals surface area contributed by atoms with Gasteiger partial charge in [0.15, 0.2) is 0 Å². The maximum atomic E-state index is 3.48. The number of unbranched alkanes of at least 4 members (excludes halogenated alkanes) is 9. The van der Waals surface area contributed by atoms with E-state index >= 15 is 0 Å². The van der Waals surface area contributed by atoms with E-state index in [0.717, 1.165) is 11.0 Å². The molecular formula is C18H30BrN. The first kappa shape index (κ1) is 17.6. The van der Waals surface area contributed by atoms with Gasteiger partial charge in [0.2, 0.25) is 0 Å². The van der Waals surface area contributed by atoms with Crippen LogP contribution in [0.25, 0.3) is 0 Å². The van der Waals surface area contributed by atoms with Crippen molar-refractivity contribution in [1.82, 2.24) is 0 Å². The van der Waals surface area contributed by atoms with Crippen LogP contribution in [0.5, 0.6) is 0 Å². The molecule has 114 valence electrons. The van der Waals surface area contributed by atoms with Crippen molar-refractivity contribution in [3.63, 3.8) is 0 Å². The third kappa shape index (κ3) is 9.41. The van der Waals surface area contributed by atoms with Crippen LogP contribution in [0.4, 0.5) is 5.69 Å². The highest BCUT2D eigenvalue weighted by atomic mass is 79.9. The van der Waals surface area contributed by atoms with Crippen molar-refractivity contribution in [3.8, 4) is 0 Å². The minimum Gasteiger partial charge on any atom is -0.385 e. The standard InChI is InChI=1S/C18H30BrN/c1-2-3-4-5-6-7-8-9-10-11-16-20-18-14-12-17(19)13-15-18/h12-15,20H,2-11,16H2,1H3. The van der Waals surface area contributed by atoms with Gasteiger partial charge in [0.1, 0.15) is 0 Å². The predicted octanol–water partition coefficient (Wildman–Crippen LogP) is 6.78. The molecule has 20 heavy (non-hydrogen) atoms. The summed E-state index contributed by atoms with van der Waals surface area (Å²) in [5, 5.41) is 3.48. The van der Waals surface area contributed by atoms with Crippen LogP contribution in [0.2, 0.25) is 0 Å². The first-order valence-corrected chi connectivity index (χ1v) is 9.11. The van der Waals surface area contributed by atoms with Gasteiger partial charge in [0.05, 0.1) is 0 Å². The highest BCUT2D eigenvalue weighted by molar-refractivity contribution is 9.10. The fourth-order valence-corrected chi connectivity index (χ4v) is 2.68. The molecular weight excluding hydrogens is 310 g/mol. The maximum absolute atomic E-state index is 3.48. The van der Waals surface area contributed by atoms with Crippen LogP contribution in [-0.4, -0.2) is 6.54 Å². The van der Waals surface area contributed by atoms with E-state index in [-0.39, 0.29) is 0 Å². The Balaban J connectivity index is 1.84. The predicted molar refractivity (Wildman–Crippen MR) is 94.5 cm³/mol. The SMILES string of the molecule is CCCCCCCCCCCCNc1ccc(Br)cc1. The molecule has 0 amide bonds. The molecule has 0 aromatic heterocycles. The van der Waals surface area contributed by atoms with E-state index < -0.39 is 0 Å². The Morgan fingerprint density at radius 2 is 1.25 bits per heavy atom. The van der Waals surface area contributed by atoms with Gasteiger partial charge in [-0.3, -0.25) is 0 Å². The third-order valence-corrected chi connectivity index (χ3v) is 4.23. The molecule has 0 aliphatic heterocycles. The molecule has 0 saturated heterocycles. The number of hydrogen-bond acceptors (Lipinski definition) is 1. The van der Waals surface area contributed by atoms with Crippen LogP contribution in [0.15, 0.2) is 28.7 Å². The molecule has 0 atom stereocenters. The van der Waals surface area contributed by atoms with Crippen molar-refractivity contribution in [3.05, 3.63) is 28.7 Å². The molecule has 0 aliphatic carbocycles. The number of rotatable bonds is 12. The summed E-state index contributed by atoms with van der Waals surface area (Å²) in [5.41, 5.74) is 1.23. The molecule has 0 aliphatic rings. The molecule has 0 heterocycles. The van der Waals surface area contributed by atoms with Crippen molar-refractivity contribution in [1.29, 1.82) is 0 Å². The van der Waals surface area contributed by atoms with Gasteiger partial charge < -0.3 is 5.32 Å². The van der Waals surface area contributed by atoms with Gasteiger partial charge in [-0.25, -0.2) is 0 Å². The molecule has 0 unspecified atom stereocenters. The first-order valence-electron chi connectivity index (χ1n) is 8.32. The van der Waals surface area contributed by atoms with Gasteiger partial charge in [0.25, 0.3) is 0 Å². The Morgan fingerprint density at radius 1 is 0.750 bits per heavy atom. The average molecular weight is 340 g/mol. The lowest BCUT2D eigenvalue weighted by atomic mass is 10.1. The molecule has 1 nitrogen and oxygen atoms in total. The van der Waals surface area contributed by atoms with E-state index in [1.807, 2.05) is 0 Å². The third-order valence-electron chi connectivity index (χ3n) is 3.70. The molecule has 0 bridgehead atoms. The molecule has 0 spiro atoms. The molecule has 1 rings (SSSR count). The lowest BCUT2D eigenvalue weighted by Crippen LogP contribution is -2.00. The van der Waals surface area contributed by atoms with Crippen LogP contribution in [0, 0.1) is 0 Å². The minimum atomic E-state index is 1.10. The summed E-state index contributed by atoms with van der Waals surface area (Å²) in [4.78, 5) is 0. The zero-order valence-electron chi connectivity index (χ0n) is 13.0.